The Kier molecular flexibility index (Phi) is 3.49. The second-order valence-electron chi connectivity index (χ2n) is 2.44. The van der Waals surface area contributed by atoms with Gasteiger partial charge in [0.1, 0.15) is 0 Å². The molecule has 0 aliphatic heterocycles. The van der Waals surface area contributed by atoms with Gasteiger partial charge in [-0.1, -0.05) is 11.6 Å². The Bertz CT molecular complexity index is 331. The number of aliphatic carboxylic acids is 1. The van der Waals surface area contributed by atoms with E-state index in [1.165, 1.54) is 12.1 Å². The number of rotatable bonds is 2. The Morgan fingerprint density at radius 1 is 1.62 bits per heavy atom. The highest BCUT2D eigenvalue weighted by Crippen LogP contribution is 2.22. The van der Waals surface area contributed by atoms with Crippen molar-refractivity contribution in [2.75, 3.05) is 0 Å². The van der Waals surface area contributed by atoms with Crippen molar-refractivity contribution in [3.8, 4) is 0 Å². The number of benzene rings is 1. The summed E-state index contributed by atoms with van der Waals surface area (Å²) in [5.74, 6) is -1.46. The number of carboxylic acid groups (broad SMARTS) is 1. The fourth-order valence-electron chi connectivity index (χ4n) is 0.885. The van der Waals surface area contributed by atoms with Gasteiger partial charge >= 0.3 is 5.97 Å². The summed E-state index contributed by atoms with van der Waals surface area (Å²) in [4.78, 5) is 10.3. The summed E-state index contributed by atoms with van der Waals surface area (Å²) in [6, 6.07) is 2.79. The highest BCUT2D eigenvalue weighted by atomic mass is 127. The number of halogens is 3. The van der Waals surface area contributed by atoms with Crippen molar-refractivity contribution in [3.05, 3.63) is 32.1 Å². The van der Waals surface area contributed by atoms with Gasteiger partial charge in [0.25, 0.3) is 0 Å². The molecule has 0 fully saturated rings. The highest BCUT2D eigenvalue weighted by Gasteiger charge is 2.08. The van der Waals surface area contributed by atoms with Crippen molar-refractivity contribution >= 4 is 40.2 Å². The van der Waals surface area contributed by atoms with Gasteiger partial charge in [-0.05, 0) is 40.3 Å². The third-order valence-corrected chi connectivity index (χ3v) is 2.46. The maximum Gasteiger partial charge on any atom is 0.307 e. The predicted molar refractivity (Wildman–Crippen MR) is 55.5 cm³/mol. The first-order valence-electron chi connectivity index (χ1n) is 3.36. The predicted octanol–water partition coefficient (Wildman–Crippen LogP) is 2.71. The monoisotopic (exact) mass is 314 g/mol. The van der Waals surface area contributed by atoms with Crippen molar-refractivity contribution in [2.24, 2.45) is 0 Å². The van der Waals surface area contributed by atoms with Crippen molar-refractivity contribution in [2.45, 2.75) is 6.42 Å². The van der Waals surface area contributed by atoms with Gasteiger partial charge in [-0.15, -0.1) is 0 Å². The summed E-state index contributed by atoms with van der Waals surface area (Å²) < 4.78 is 13.3. The van der Waals surface area contributed by atoms with Gasteiger partial charge in [-0.25, -0.2) is 4.39 Å². The summed E-state index contributed by atoms with van der Waals surface area (Å²) in [5.41, 5.74) is 0.503. The third kappa shape index (κ3) is 2.80. The van der Waals surface area contributed by atoms with Gasteiger partial charge in [0.2, 0.25) is 0 Å². The molecule has 5 heteroatoms. The minimum absolute atomic E-state index is 0.0387. The van der Waals surface area contributed by atoms with E-state index in [0.717, 1.165) is 0 Å². The molecule has 0 saturated carbocycles. The minimum Gasteiger partial charge on any atom is -0.481 e. The average Bonchev–Trinajstić information content (AvgIpc) is 1.98. The molecule has 1 aromatic rings. The second-order valence-corrected chi connectivity index (χ2v) is 4.01. The van der Waals surface area contributed by atoms with Crippen molar-refractivity contribution < 1.29 is 14.3 Å². The Morgan fingerprint density at radius 3 is 2.69 bits per heavy atom. The van der Waals surface area contributed by atoms with Gasteiger partial charge in [-0.2, -0.15) is 0 Å². The Morgan fingerprint density at radius 2 is 2.23 bits per heavy atom. The topological polar surface area (TPSA) is 37.3 Å². The van der Waals surface area contributed by atoms with E-state index in [0.29, 0.717) is 9.13 Å². The zero-order valence-electron chi connectivity index (χ0n) is 6.35. The normalized spacial score (nSPS) is 10.1. The number of hydrogen-bond donors (Lipinski definition) is 1. The molecule has 0 aromatic heterocycles. The molecule has 0 amide bonds. The lowest BCUT2D eigenvalue weighted by Crippen LogP contribution is -2.01. The third-order valence-electron chi connectivity index (χ3n) is 1.40. The van der Waals surface area contributed by atoms with Crippen LogP contribution in [0.2, 0.25) is 5.02 Å². The first kappa shape index (κ1) is 10.7. The van der Waals surface area contributed by atoms with Crippen molar-refractivity contribution in [1.82, 2.24) is 0 Å². The second kappa shape index (κ2) is 4.23. The summed E-state index contributed by atoms with van der Waals surface area (Å²) in [7, 11) is 0. The van der Waals surface area contributed by atoms with Crippen LogP contribution in [-0.2, 0) is 11.2 Å². The van der Waals surface area contributed by atoms with Crippen LogP contribution in [0.5, 0.6) is 0 Å². The van der Waals surface area contributed by atoms with E-state index < -0.39 is 11.8 Å². The molecule has 1 rings (SSSR count). The number of carbonyl (C=O) groups is 1. The maximum absolute atomic E-state index is 13.0. The molecule has 0 unspecified atom stereocenters. The standard InChI is InChI=1S/C8H5ClFIO2/c9-5-1-4(3-7(12)13)2-6(11)8(5)10/h1-2H,3H2,(H,12,13). The maximum atomic E-state index is 13.0. The van der Waals surface area contributed by atoms with Crippen LogP contribution in [0, 0.1) is 9.39 Å². The minimum atomic E-state index is -0.960. The van der Waals surface area contributed by atoms with E-state index in [9.17, 15) is 9.18 Å². The molecular weight excluding hydrogens is 309 g/mol. The van der Waals surface area contributed by atoms with Gasteiger partial charge in [0.15, 0.2) is 5.82 Å². The molecule has 0 heterocycles. The number of hydrogen-bond acceptors (Lipinski definition) is 1. The zero-order valence-corrected chi connectivity index (χ0v) is 9.26. The first-order valence-corrected chi connectivity index (χ1v) is 4.81. The van der Waals surface area contributed by atoms with E-state index in [4.69, 9.17) is 16.7 Å². The van der Waals surface area contributed by atoms with Crippen LogP contribution in [0.15, 0.2) is 12.1 Å². The van der Waals surface area contributed by atoms with Crippen LogP contribution < -0.4 is 0 Å². The molecule has 1 aromatic carbocycles. The fourth-order valence-corrected chi connectivity index (χ4v) is 1.98. The van der Waals surface area contributed by atoms with Crippen LogP contribution in [-0.4, -0.2) is 11.1 Å². The largest absolute Gasteiger partial charge is 0.481 e. The van der Waals surface area contributed by atoms with Gasteiger partial charge in [-0.3, -0.25) is 4.79 Å². The van der Waals surface area contributed by atoms with Crippen molar-refractivity contribution in [1.29, 1.82) is 0 Å². The lowest BCUT2D eigenvalue weighted by molar-refractivity contribution is -0.136. The molecule has 0 radical (unpaired) electrons. The quantitative estimate of drug-likeness (QED) is 0.673. The molecule has 0 bridgehead atoms. The molecule has 0 aliphatic rings. The first-order chi connectivity index (χ1) is 6.00. The molecule has 0 saturated heterocycles. The van der Waals surface area contributed by atoms with Crippen molar-refractivity contribution in [3.63, 3.8) is 0 Å². The molecule has 13 heavy (non-hydrogen) atoms. The SMILES string of the molecule is O=C(O)Cc1cc(Cl)c(F)c(I)c1. The zero-order chi connectivity index (χ0) is 10.0. The van der Waals surface area contributed by atoms with E-state index >= 15 is 0 Å². The van der Waals surface area contributed by atoms with E-state index in [1.807, 2.05) is 0 Å². The lowest BCUT2D eigenvalue weighted by atomic mass is 10.1. The fraction of sp³-hybridized carbons (Fsp3) is 0.125. The van der Waals surface area contributed by atoms with Gasteiger partial charge in [0.05, 0.1) is 15.0 Å². The lowest BCUT2D eigenvalue weighted by Gasteiger charge is -2.01. The molecule has 70 valence electrons. The van der Waals surface area contributed by atoms with Crippen LogP contribution in [0.25, 0.3) is 0 Å². The highest BCUT2D eigenvalue weighted by molar-refractivity contribution is 14.1. The Hall–Kier alpha value is -0.360. The Labute approximate surface area is 92.8 Å². The molecule has 0 atom stereocenters. The summed E-state index contributed by atoms with van der Waals surface area (Å²) in [5, 5.41) is 8.44. The van der Waals surface area contributed by atoms with Gasteiger partial charge < -0.3 is 5.11 Å². The molecule has 0 aliphatic carbocycles. The summed E-state index contributed by atoms with van der Waals surface area (Å²) >= 11 is 7.30. The molecular formula is C8H5ClFIO2. The molecule has 1 N–H and O–H groups in total. The van der Waals surface area contributed by atoms with E-state index in [2.05, 4.69) is 0 Å². The summed E-state index contributed by atoms with van der Waals surface area (Å²) in [6.07, 6.45) is -0.143. The molecule has 2 nitrogen and oxygen atoms in total. The van der Waals surface area contributed by atoms with Crippen LogP contribution in [0.1, 0.15) is 5.56 Å². The van der Waals surface area contributed by atoms with Crippen LogP contribution >= 0.6 is 34.2 Å². The van der Waals surface area contributed by atoms with Crippen LogP contribution in [0.4, 0.5) is 4.39 Å². The van der Waals surface area contributed by atoms with E-state index in [-0.39, 0.29) is 11.4 Å². The average molecular weight is 314 g/mol. The van der Waals surface area contributed by atoms with E-state index in [1.54, 1.807) is 22.6 Å². The molecule has 0 spiro atoms. The van der Waals surface area contributed by atoms with Gasteiger partial charge in [0, 0.05) is 0 Å². The summed E-state index contributed by atoms with van der Waals surface area (Å²) in [6.45, 7) is 0. The number of carboxylic acids is 1. The Balaban J connectivity index is 3.06. The van der Waals surface area contributed by atoms with Crippen LogP contribution in [0.3, 0.4) is 0 Å². The smallest absolute Gasteiger partial charge is 0.307 e.